The van der Waals surface area contributed by atoms with Gasteiger partial charge in [-0.2, -0.15) is 0 Å². The number of anilines is 1. The number of nitrogens with one attached hydrogen (secondary N) is 2. The van der Waals surface area contributed by atoms with Gasteiger partial charge in [0, 0.05) is 46.8 Å². The number of likely N-dealkylation sites (tertiary alicyclic amines) is 1. The van der Waals surface area contributed by atoms with Crippen LogP contribution >= 0.6 is 23.2 Å². The summed E-state index contributed by atoms with van der Waals surface area (Å²) >= 11 is 12.1. The molecule has 0 bridgehead atoms. The van der Waals surface area contributed by atoms with Crippen LogP contribution in [0.4, 0.5) is 5.69 Å². The van der Waals surface area contributed by atoms with E-state index in [0.717, 1.165) is 25.7 Å². The molecule has 3 atom stereocenters. The summed E-state index contributed by atoms with van der Waals surface area (Å²) in [5.74, 6) is -1.25. The quantitative estimate of drug-likeness (QED) is 0.526. The number of nitrogens with two attached hydrogens (primary N) is 1. The predicted octanol–water partition coefficient (Wildman–Crippen LogP) is 2.16. The molecule has 3 fully saturated rings. The largest absolute Gasteiger partial charge is 0.369 e. The van der Waals surface area contributed by atoms with Crippen LogP contribution in [0.15, 0.2) is 18.2 Å². The molecule has 1 aromatic carbocycles. The van der Waals surface area contributed by atoms with E-state index >= 15 is 0 Å². The molecule has 0 radical (unpaired) electrons. The van der Waals surface area contributed by atoms with Crippen molar-refractivity contribution in [2.75, 3.05) is 25.0 Å². The van der Waals surface area contributed by atoms with Gasteiger partial charge in [0.15, 0.2) is 0 Å². The van der Waals surface area contributed by atoms with Gasteiger partial charge >= 0.3 is 0 Å². The van der Waals surface area contributed by atoms with Gasteiger partial charge in [0.25, 0.3) is 0 Å². The SMILES string of the molecule is NC(=O)C1CCN(C(=O)CN2[C@H](CC(=O)Nc3cc(Cl)cc(Cl)c3)C(=O)N[C@@H]3CCCC[C@H]32)CC1. The molecule has 4 rings (SSSR count). The third-order valence-corrected chi connectivity index (χ3v) is 7.72. The summed E-state index contributed by atoms with van der Waals surface area (Å²) in [6.45, 7) is 0.971. The molecule has 190 valence electrons. The average Bonchev–Trinajstić information content (AvgIpc) is 2.80. The van der Waals surface area contributed by atoms with Crippen LogP contribution in [0.3, 0.4) is 0 Å². The van der Waals surface area contributed by atoms with E-state index in [0.29, 0.717) is 41.7 Å². The Labute approximate surface area is 214 Å². The van der Waals surface area contributed by atoms with Gasteiger partial charge in [-0.1, -0.05) is 36.0 Å². The van der Waals surface area contributed by atoms with Crippen molar-refractivity contribution in [3.05, 3.63) is 28.2 Å². The van der Waals surface area contributed by atoms with Gasteiger partial charge in [-0.25, -0.2) is 0 Å². The lowest BCUT2D eigenvalue weighted by molar-refractivity contribution is -0.145. The number of piperidine rings is 1. The fraction of sp³-hybridized carbons (Fsp3) is 0.583. The number of carbonyl (C=O) groups excluding carboxylic acids is 4. The van der Waals surface area contributed by atoms with Crippen LogP contribution < -0.4 is 16.4 Å². The summed E-state index contributed by atoms with van der Waals surface area (Å²) in [5.41, 5.74) is 5.86. The molecule has 0 aromatic heterocycles. The van der Waals surface area contributed by atoms with Crippen LogP contribution in [0, 0.1) is 5.92 Å². The summed E-state index contributed by atoms with van der Waals surface area (Å²) in [5, 5.41) is 6.62. The highest BCUT2D eigenvalue weighted by atomic mass is 35.5. The highest BCUT2D eigenvalue weighted by Gasteiger charge is 2.44. The lowest BCUT2D eigenvalue weighted by Gasteiger charge is -2.48. The third-order valence-electron chi connectivity index (χ3n) is 7.28. The van der Waals surface area contributed by atoms with E-state index in [-0.39, 0.29) is 54.6 Å². The molecule has 2 heterocycles. The first-order chi connectivity index (χ1) is 16.7. The van der Waals surface area contributed by atoms with Crippen molar-refractivity contribution in [2.24, 2.45) is 11.7 Å². The Morgan fingerprint density at radius 1 is 1.03 bits per heavy atom. The number of fused-ring (bicyclic) bond motifs is 1. The van der Waals surface area contributed by atoms with E-state index in [1.807, 2.05) is 4.90 Å². The molecular formula is C24H31Cl2N5O4. The number of nitrogens with zero attached hydrogens (tertiary/aromatic N) is 2. The summed E-state index contributed by atoms with van der Waals surface area (Å²) in [4.78, 5) is 54.3. The van der Waals surface area contributed by atoms with Crippen LogP contribution in [0.5, 0.6) is 0 Å². The standard InChI is InChI=1S/C24H31Cl2N5O4/c25-15-9-16(26)11-17(10-15)28-21(32)12-20-24(35)29-18-3-1-2-4-19(18)31(20)13-22(33)30-7-5-14(6-8-30)23(27)34/h9-11,14,18-20H,1-8,12-13H2,(H2,27,34)(H,28,32)(H,29,35)/t18-,19-,20-/m1/s1. The number of primary amides is 1. The zero-order chi connectivity index (χ0) is 25.1. The molecule has 4 amide bonds. The molecule has 9 nitrogen and oxygen atoms in total. The molecule has 2 saturated heterocycles. The number of carbonyl (C=O) groups is 4. The monoisotopic (exact) mass is 523 g/mol. The molecule has 11 heteroatoms. The minimum absolute atomic E-state index is 0.00743. The second-order valence-electron chi connectivity index (χ2n) is 9.62. The maximum absolute atomic E-state index is 13.2. The van der Waals surface area contributed by atoms with Gasteiger partial charge in [0.05, 0.1) is 19.0 Å². The highest BCUT2D eigenvalue weighted by Crippen LogP contribution is 2.30. The molecular weight excluding hydrogens is 493 g/mol. The highest BCUT2D eigenvalue weighted by molar-refractivity contribution is 6.35. The Bertz CT molecular complexity index is 978. The molecule has 4 N–H and O–H groups in total. The minimum Gasteiger partial charge on any atom is -0.369 e. The molecule has 0 unspecified atom stereocenters. The van der Waals surface area contributed by atoms with Gasteiger partial charge in [0.2, 0.25) is 23.6 Å². The van der Waals surface area contributed by atoms with Crippen molar-refractivity contribution in [3.63, 3.8) is 0 Å². The second-order valence-corrected chi connectivity index (χ2v) is 10.5. The normalized spacial score (nSPS) is 25.5. The maximum atomic E-state index is 13.2. The number of halogens is 2. The minimum atomic E-state index is -0.767. The van der Waals surface area contributed by atoms with Gasteiger partial charge < -0.3 is 21.3 Å². The Morgan fingerprint density at radius 2 is 1.69 bits per heavy atom. The number of hydrogen-bond donors (Lipinski definition) is 3. The summed E-state index contributed by atoms with van der Waals surface area (Å²) in [6.07, 6.45) is 4.71. The number of piperazine rings is 1. The summed E-state index contributed by atoms with van der Waals surface area (Å²) in [7, 11) is 0. The smallest absolute Gasteiger partial charge is 0.238 e. The van der Waals surface area contributed by atoms with E-state index in [1.54, 1.807) is 23.1 Å². The zero-order valence-corrected chi connectivity index (χ0v) is 21.0. The fourth-order valence-corrected chi connectivity index (χ4v) is 5.98. The van der Waals surface area contributed by atoms with Crippen molar-refractivity contribution in [1.29, 1.82) is 0 Å². The van der Waals surface area contributed by atoms with Gasteiger partial charge in [0.1, 0.15) is 0 Å². The van der Waals surface area contributed by atoms with Gasteiger partial charge in [-0.15, -0.1) is 0 Å². The number of benzene rings is 1. The van der Waals surface area contributed by atoms with Gasteiger partial charge in [-0.3, -0.25) is 24.1 Å². The van der Waals surface area contributed by atoms with E-state index in [9.17, 15) is 19.2 Å². The summed E-state index contributed by atoms with van der Waals surface area (Å²) in [6, 6.07) is 3.93. The fourth-order valence-electron chi connectivity index (χ4n) is 5.46. The first-order valence-corrected chi connectivity index (χ1v) is 12.9. The molecule has 0 spiro atoms. The molecule has 35 heavy (non-hydrogen) atoms. The first-order valence-electron chi connectivity index (χ1n) is 12.1. The Balaban J connectivity index is 1.47. The van der Waals surface area contributed by atoms with Crippen LogP contribution in [0.25, 0.3) is 0 Å². The van der Waals surface area contributed by atoms with E-state index in [4.69, 9.17) is 28.9 Å². The first kappa shape index (κ1) is 25.7. The van der Waals surface area contributed by atoms with E-state index in [2.05, 4.69) is 10.6 Å². The Morgan fingerprint density at radius 3 is 2.34 bits per heavy atom. The number of rotatable bonds is 6. The van der Waals surface area contributed by atoms with Crippen LogP contribution in [0.1, 0.15) is 44.9 Å². The van der Waals surface area contributed by atoms with Crippen LogP contribution in [-0.2, 0) is 19.2 Å². The van der Waals surface area contributed by atoms with Crippen molar-refractivity contribution >= 4 is 52.5 Å². The average molecular weight is 524 g/mol. The van der Waals surface area contributed by atoms with E-state index < -0.39 is 6.04 Å². The lowest BCUT2D eigenvalue weighted by atomic mass is 9.85. The van der Waals surface area contributed by atoms with Gasteiger partial charge in [-0.05, 0) is 43.9 Å². The number of hydrogen-bond acceptors (Lipinski definition) is 5. The lowest BCUT2D eigenvalue weighted by Crippen LogP contribution is -2.68. The topological polar surface area (TPSA) is 125 Å². The molecule has 1 aromatic rings. The molecule has 1 aliphatic carbocycles. The zero-order valence-electron chi connectivity index (χ0n) is 19.5. The van der Waals surface area contributed by atoms with Crippen molar-refractivity contribution in [2.45, 2.75) is 63.1 Å². The Hall–Kier alpha value is -2.36. The molecule has 2 aliphatic heterocycles. The third kappa shape index (κ3) is 6.26. The van der Waals surface area contributed by atoms with Crippen LogP contribution in [0.2, 0.25) is 10.0 Å². The Kier molecular flexibility index (Phi) is 8.19. The molecule has 3 aliphatic rings. The molecule has 1 saturated carbocycles. The van der Waals surface area contributed by atoms with Crippen LogP contribution in [-0.4, -0.2) is 71.2 Å². The second kappa shape index (κ2) is 11.1. The van der Waals surface area contributed by atoms with Crippen molar-refractivity contribution in [1.82, 2.24) is 15.1 Å². The van der Waals surface area contributed by atoms with E-state index in [1.165, 1.54) is 0 Å². The van der Waals surface area contributed by atoms with Crippen molar-refractivity contribution < 1.29 is 19.2 Å². The predicted molar refractivity (Wildman–Crippen MR) is 133 cm³/mol. The maximum Gasteiger partial charge on any atom is 0.238 e. The number of amides is 4. The summed E-state index contributed by atoms with van der Waals surface area (Å²) < 4.78 is 0. The van der Waals surface area contributed by atoms with Crippen molar-refractivity contribution in [3.8, 4) is 0 Å².